The fourth-order valence-corrected chi connectivity index (χ4v) is 3.22. The van der Waals surface area contributed by atoms with Crippen molar-refractivity contribution in [1.82, 2.24) is 5.32 Å². The number of halogens is 2. The number of hydrogen-bond acceptors (Lipinski definition) is 1. The Morgan fingerprint density at radius 1 is 1.50 bits per heavy atom. The van der Waals surface area contributed by atoms with Crippen LogP contribution >= 0.6 is 22.6 Å². The summed E-state index contributed by atoms with van der Waals surface area (Å²) in [5.74, 6) is -0.403. The first kappa shape index (κ1) is 13.8. The second-order valence-corrected chi connectivity index (χ2v) is 6.86. The molecule has 98 valence electrons. The molecule has 1 fully saturated rings. The van der Waals surface area contributed by atoms with Crippen molar-refractivity contribution in [3.8, 4) is 0 Å². The third-order valence-corrected chi connectivity index (χ3v) is 4.37. The Morgan fingerprint density at radius 3 is 2.78 bits per heavy atom. The molecule has 1 aromatic rings. The van der Waals surface area contributed by atoms with E-state index in [4.69, 9.17) is 0 Å². The number of benzene rings is 1. The van der Waals surface area contributed by atoms with Crippen molar-refractivity contribution in [1.29, 1.82) is 0 Å². The molecule has 0 spiro atoms. The molecular weight excluding hydrogens is 344 g/mol. The maximum atomic E-state index is 13.0. The van der Waals surface area contributed by atoms with E-state index in [0.717, 1.165) is 19.3 Å². The molecule has 1 aliphatic carbocycles. The lowest BCUT2D eigenvalue weighted by Crippen LogP contribution is -2.34. The minimum Gasteiger partial charge on any atom is -0.349 e. The summed E-state index contributed by atoms with van der Waals surface area (Å²) in [6, 6.07) is 4.50. The summed E-state index contributed by atoms with van der Waals surface area (Å²) >= 11 is 1.99. The number of carbonyl (C=O) groups is 1. The molecule has 1 atom stereocenters. The van der Waals surface area contributed by atoms with Gasteiger partial charge < -0.3 is 5.32 Å². The summed E-state index contributed by atoms with van der Waals surface area (Å²) in [5.41, 5.74) is 0.871. The Kier molecular flexibility index (Phi) is 3.94. The van der Waals surface area contributed by atoms with Gasteiger partial charge >= 0.3 is 0 Å². The van der Waals surface area contributed by atoms with Crippen LogP contribution in [0.15, 0.2) is 18.2 Å². The average molecular weight is 361 g/mol. The van der Waals surface area contributed by atoms with Crippen molar-refractivity contribution in [2.24, 2.45) is 5.41 Å². The SMILES string of the molecule is CC1(C)CCC(NC(=O)c2ccc(F)cc2I)C1. The van der Waals surface area contributed by atoms with Crippen molar-refractivity contribution >= 4 is 28.5 Å². The van der Waals surface area contributed by atoms with E-state index in [2.05, 4.69) is 19.2 Å². The molecule has 0 heterocycles. The van der Waals surface area contributed by atoms with E-state index < -0.39 is 0 Å². The monoisotopic (exact) mass is 361 g/mol. The van der Waals surface area contributed by atoms with Gasteiger partial charge in [-0.05, 0) is 65.5 Å². The van der Waals surface area contributed by atoms with Gasteiger partial charge in [-0.15, -0.1) is 0 Å². The summed E-state index contributed by atoms with van der Waals surface area (Å²) in [6.07, 6.45) is 3.17. The maximum absolute atomic E-state index is 13.0. The van der Waals surface area contributed by atoms with E-state index in [1.54, 1.807) is 6.07 Å². The van der Waals surface area contributed by atoms with Gasteiger partial charge in [-0.3, -0.25) is 4.79 Å². The highest BCUT2D eigenvalue weighted by Gasteiger charge is 2.31. The lowest BCUT2D eigenvalue weighted by Gasteiger charge is -2.18. The van der Waals surface area contributed by atoms with E-state index in [1.165, 1.54) is 12.1 Å². The van der Waals surface area contributed by atoms with Crippen LogP contribution < -0.4 is 5.32 Å². The molecule has 0 aliphatic heterocycles. The van der Waals surface area contributed by atoms with Gasteiger partial charge in [0, 0.05) is 9.61 Å². The van der Waals surface area contributed by atoms with Crippen LogP contribution in [0.1, 0.15) is 43.5 Å². The third-order valence-electron chi connectivity index (χ3n) is 3.48. The van der Waals surface area contributed by atoms with E-state index in [0.29, 0.717) is 14.5 Å². The highest BCUT2D eigenvalue weighted by Crippen LogP contribution is 2.37. The van der Waals surface area contributed by atoms with E-state index in [-0.39, 0.29) is 17.8 Å². The van der Waals surface area contributed by atoms with Crippen LogP contribution in [0.25, 0.3) is 0 Å². The second kappa shape index (κ2) is 5.15. The van der Waals surface area contributed by atoms with Crippen molar-refractivity contribution in [2.75, 3.05) is 0 Å². The molecule has 4 heteroatoms. The number of rotatable bonds is 2. The van der Waals surface area contributed by atoms with Crippen LogP contribution in [0.2, 0.25) is 0 Å². The zero-order chi connectivity index (χ0) is 13.3. The molecule has 0 saturated heterocycles. The quantitative estimate of drug-likeness (QED) is 0.799. The topological polar surface area (TPSA) is 29.1 Å². The first-order chi connectivity index (χ1) is 8.37. The Morgan fingerprint density at radius 2 is 2.22 bits per heavy atom. The fraction of sp³-hybridized carbons (Fsp3) is 0.500. The minimum atomic E-state index is -0.307. The Labute approximate surface area is 120 Å². The van der Waals surface area contributed by atoms with Crippen LogP contribution in [0.4, 0.5) is 4.39 Å². The van der Waals surface area contributed by atoms with Crippen molar-refractivity contribution in [2.45, 2.75) is 39.2 Å². The number of nitrogens with one attached hydrogen (secondary N) is 1. The van der Waals surface area contributed by atoms with Crippen LogP contribution in [0, 0.1) is 14.8 Å². The maximum Gasteiger partial charge on any atom is 0.252 e. The Bertz CT molecular complexity index is 473. The molecule has 1 N–H and O–H groups in total. The highest BCUT2D eigenvalue weighted by atomic mass is 127. The molecule has 2 nitrogen and oxygen atoms in total. The molecular formula is C14H17FINO. The molecule has 2 rings (SSSR count). The summed E-state index contributed by atoms with van der Waals surface area (Å²) in [7, 11) is 0. The van der Waals surface area contributed by atoms with Gasteiger partial charge in [-0.2, -0.15) is 0 Å². The summed E-state index contributed by atoms with van der Waals surface area (Å²) < 4.78 is 13.6. The molecule has 1 unspecified atom stereocenters. The Hall–Kier alpha value is -0.650. The van der Waals surface area contributed by atoms with E-state index >= 15 is 0 Å². The second-order valence-electron chi connectivity index (χ2n) is 5.70. The summed E-state index contributed by atoms with van der Waals surface area (Å²) in [6.45, 7) is 4.45. The lowest BCUT2D eigenvalue weighted by molar-refractivity contribution is 0.0935. The molecule has 0 radical (unpaired) electrons. The number of hydrogen-bond donors (Lipinski definition) is 1. The fourth-order valence-electron chi connectivity index (χ4n) is 2.50. The van der Waals surface area contributed by atoms with Gasteiger partial charge in [-0.1, -0.05) is 13.8 Å². The molecule has 1 amide bonds. The molecule has 1 aromatic carbocycles. The first-order valence-corrected chi connectivity index (χ1v) is 7.21. The van der Waals surface area contributed by atoms with Gasteiger partial charge in [0.25, 0.3) is 5.91 Å². The smallest absolute Gasteiger partial charge is 0.252 e. The summed E-state index contributed by atoms with van der Waals surface area (Å²) in [4.78, 5) is 12.1. The highest BCUT2D eigenvalue weighted by molar-refractivity contribution is 14.1. The van der Waals surface area contributed by atoms with Crippen molar-refractivity contribution < 1.29 is 9.18 Å². The molecule has 0 aromatic heterocycles. The minimum absolute atomic E-state index is 0.0953. The normalized spacial score (nSPS) is 21.9. The lowest BCUT2D eigenvalue weighted by atomic mass is 9.92. The predicted molar refractivity (Wildman–Crippen MR) is 78.0 cm³/mol. The average Bonchev–Trinajstić information content (AvgIpc) is 2.57. The summed E-state index contributed by atoms with van der Waals surface area (Å²) in [5, 5.41) is 3.04. The molecule has 0 bridgehead atoms. The molecule has 18 heavy (non-hydrogen) atoms. The van der Waals surface area contributed by atoms with Gasteiger partial charge in [0.05, 0.1) is 5.56 Å². The molecule has 1 saturated carbocycles. The van der Waals surface area contributed by atoms with E-state index in [1.807, 2.05) is 22.6 Å². The molecule has 1 aliphatic rings. The van der Waals surface area contributed by atoms with Crippen LogP contribution in [-0.2, 0) is 0 Å². The zero-order valence-electron chi connectivity index (χ0n) is 10.6. The Balaban J connectivity index is 2.04. The number of amides is 1. The van der Waals surface area contributed by atoms with E-state index in [9.17, 15) is 9.18 Å². The third kappa shape index (κ3) is 3.22. The van der Waals surface area contributed by atoms with Gasteiger partial charge in [0.2, 0.25) is 0 Å². The van der Waals surface area contributed by atoms with Gasteiger partial charge in [0.1, 0.15) is 5.82 Å². The van der Waals surface area contributed by atoms with Crippen LogP contribution in [-0.4, -0.2) is 11.9 Å². The van der Waals surface area contributed by atoms with Gasteiger partial charge in [-0.25, -0.2) is 4.39 Å². The largest absolute Gasteiger partial charge is 0.349 e. The standard InChI is InChI=1S/C14H17FINO/c1-14(2)6-5-10(8-14)17-13(18)11-4-3-9(15)7-12(11)16/h3-4,7,10H,5-6,8H2,1-2H3,(H,17,18). The first-order valence-electron chi connectivity index (χ1n) is 6.13. The predicted octanol–water partition coefficient (Wildman–Crippen LogP) is 3.74. The van der Waals surface area contributed by atoms with Gasteiger partial charge in [0.15, 0.2) is 0 Å². The van der Waals surface area contributed by atoms with Crippen LogP contribution in [0.5, 0.6) is 0 Å². The number of carbonyl (C=O) groups excluding carboxylic acids is 1. The van der Waals surface area contributed by atoms with Crippen molar-refractivity contribution in [3.05, 3.63) is 33.1 Å². The van der Waals surface area contributed by atoms with Crippen LogP contribution in [0.3, 0.4) is 0 Å². The van der Waals surface area contributed by atoms with Crippen molar-refractivity contribution in [3.63, 3.8) is 0 Å². The zero-order valence-corrected chi connectivity index (χ0v) is 12.8.